The Hall–Kier alpha value is -1.65. The third-order valence-corrected chi connectivity index (χ3v) is 5.59. The molecule has 2 nitrogen and oxygen atoms in total. The molecule has 0 N–H and O–H groups in total. The number of aromatic nitrogens is 2. The highest BCUT2D eigenvalue weighted by Crippen LogP contribution is 2.41. The third-order valence-electron chi connectivity index (χ3n) is 3.35. The van der Waals surface area contributed by atoms with Crippen LogP contribution in [0.25, 0.3) is 21.8 Å². The normalized spacial score (nSPS) is 13.4. The SMILES string of the molecule is c1ccc2c(c1)SCCc1sc(-c3ccncc3)nc1-2. The first-order valence-electron chi connectivity index (χ1n) is 6.54. The van der Waals surface area contributed by atoms with Crippen molar-refractivity contribution in [1.82, 2.24) is 9.97 Å². The molecule has 4 rings (SSSR count). The number of hydrogen-bond donors (Lipinski definition) is 0. The Kier molecular flexibility index (Phi) is 3.05. The average Bonchev–Trinajstić information content (AvgIpc) is 2.85. The molecule has 1 aliphatic heterocycles. The quantitative estimate of drug-likeness (QED) is 0.660. The Labute approximate surface area is 125 Å². The molecule has 0 spiro atoms. The molecule has 2 aromatic heterocycles. The molecule has 1 aliphatic rings. The van der Waals surface area contributed by atoms with E-state index in [0.29, 0.717) is 0 Å². The molecule has 98 valence electrons. The van der Waals surface area contributed by atoms with Gasteiger partial charge in [0.05, 0.1) is 5.69 Å². The van der Waals surface area contributed by atoms with Gasteiger partial charge in [0.25, 0.3) is 0 Å². The van der Waals surface area contributed by atoms with Crippen molar-refractivity contribution in [1.29, 1.82) is 0 Å². The monoisotopic (exact) mass is 296 g/mol. The zero-order chi connectivity index (χ0) is 13.4. The molecule has 0 unspecified atom stereocenters. The number of thiazole rings is 1. The van der Waals surface area contributed by atoms with Crippen LogP contribution in [-0.2, 0) is 6.42 Å². The number of thioether (sulfide) groups is 1. The highest BCUT2D eigenvalue weighted by atomic mass is 32.2. The maximum atomic E-state index is 4.90. The lowest BCUT2D eigenvalue weighted by Crippen LogP contribution is -1.84. The van der Waals surface area contributed by atoms with Gasteiger partial charge in [-0.25, -0.2) is 4.98 Å². The van der Waals surface area contributed by atoms with Crippen molar-refractivity contribution in [3.05, 3.63) is 53.7 Å². The zero-order valence-corrected chi connectivity index (χ0v) is 12.4. The van der Waals surface area contributed by atoms with Crippen molar-refractivity contribution in [2.24, 2.45) is 0 Å². The van der Waals surface area contributed by atoms with Gasteiger partial charge < -0.3 is 0 Å². The van der Waals surface area contributed by atoms with Gasteiger partial charge in [-0.3, -0.25) is 4.98 Å². The molecular formula is C16H12N2S2. The lowest BCUT2D eigenvalue weighted by atomic mass is 10.1. The molecule has 0 saturated carbocycles. The van der Waals surface area contributed by atoms with E-state index in [2.05, 4.69) is 29.2 Å². The van der Waals surface area contributed by atoms with Crippen LogP contribution in [0.3, 0.4) is 0 Å². The van der Waals surface area contributed by atoms with E-state index in [1.165, 1.54) is 21.0 Å². The highest BCUT2D eigenvalue weighted by Gasteiger charge is 2.19. The summed E-state index contributed by atoms with van der Waals surface area (Å²) >= 11 is 3.74. The second kappa shape index (κ2) is 5.04. The molecule has 0 bridgehead atoms. The predicted molar refractivity (Wildman–Crippen MR) is 85.2 cm³/mol. The lowest BCUT2D eigenvalue weighted by Gasteiger charge is -2.03. The Morgan fingerprint density at radius 2 is 1.85 bits per heavy atom. The number of benzene rings is 1. The van der Waals surface area contributed by atoms with Gasteiger partial charge in [0, 0.05) is 39.0 Å². The van der Waals surface area contributed by atoms with Crippen molar-refractivity contribution >= 4 is 23.1 Å². The number of hydrogen-bond acceptors (Lipinski definition) is 4. The van der Waals surface area contributed by atoms with Crippen molar-refractivity contribution in [2.45, 2.75) is 11.3 Å². The molecule has 0 saturated heterocycles. The zero-order valence-electron chi connectivity index (χ0n) is 10.7. The molecule has 0 atom stereocenters. The molecule has 0 fully saturated rings. The largest absolute Gasteiger partial charge is 0.265 e. The van der Waals surface area contributed by atoms with Crippen LogP contribution in [0.15, 0.2) is 53.7 Å². The van der Waals surface area contributed by atoms with Crippen molar-refractivity contribution < 1.29 is 0 Å². The van der Waals surface area contributed by atoms with Crippen molar-refractivity contribution in [3.63, 3.8) is 0 Å². The Morgan fingerprint density at radius 1 is 1.00 bits per heavy atom. The molecule has 0 aliphatic carbocycles. The van der Waals surface area contributed by atoms with Crippen LogP contribution >= 0.6 is 23.1 Å². The van der Waals surface area contributed by atoms with E-state index in [4.69, 9.17) is 4.98 Å². The Bertz CT molecular complexity index is 750. The smallest absolute Gasteiger partial charge is 0.124 e. The second-order valence-corrected chi connectivity index (χ2v) is 6.84. The van der Waals surface area contributed by atoms with Gasteiger partial charge in [-0.05, 0) is 24.6 Å². The molecule has 4 heteroatoms. The molecule has 1 aromatic carbocycles. The van der Waals surface area contributed by atoms with Crippen LogP contribution in [0.1, 0.15) is 4.88 Å². The van der Waals surface area contributed by atoms with E-state index in [-0.39, 0.29) is 0 Å². The van der Waals surface area contributed by atoms with Gasteiger partial charge in [-0.2, -0.15) is 0 Å². The van der Waals surface area contributed by atoms with Crippen LogP contribution in [0.5, 0.6) is 0 Å². The van der Waals surface area contributed by atoms with Gasteiger partial charge in [0.2, 0.25) is 0 Å². The van der Waals surface area contributed by atoms with Gasteiger partial charge in [0.15, 0.2) is 0 Å². The first-order chi connectivity index (χ1) is 9.92. The molecule has 3 heterocycles. The van der Waals surface area contributed by atoms with E-state index in [9.17, 15) is 0 Å². The van der Waals surface area contributed by atoms with Crippen LogP contribution in [-0.4, -0.2) is 15.7 Å². The Morgan fingerprint density at radius 3 is 2.75 bits per heavy atom. The number of fused-ring (bicyclic) bond motifs is 3. The van der Waals surface area contributed by atoms with Crippen LogP contribution in [0, 0.1) is 0 Å². The number of pyridine rings is 1. The van der Waals surface area contributed by atoms with Gasteiger partial charge in [0.1, 0.15) is 5.01 Å². The first-order valence-corrected chi connectivity index (χ1v) is 8.34. The van der Waals surface area contributed by atoms with Crippen LogP contribution in [0.4, 0.5) is 0 Å². The second-order valence-electron chi connectivity index (χ2n) is 4.62. The summed E-state index contributed by atoms with van der Waals surface area (Å²) in [5.74, 6) is 1.13. The standard InChI is InChI=1S/C16H12N2S2/c1-2-4-13-12(3-1)15-14(7-10-19-13)20-16(18-15)11-5-8-17-9-6-11/h1-6,8-9H,7,10H2. The molecule has 0 radical (unpaired) electrons. The molecule has 0 amide bonds. The minimum Gasteiger partial charge on any atom is -0.265 e. The fraction of sp³-hybridized carbons (Fsp3) is 0.125. The predicted octanol–water partition coefficient (Wildman–Crippen LogP) is 4.52. The van der Waals surface area contributed by atoms with Crippen molar-refractivity contribution in [3.8, 4) is 21.8 Å². The first kappa shape index (κ1) is 12.1. The topological polar surface area (TPSA) is 25.8 Å². The number of nitrogens with zero attached hydrogens (tertiary/aromatic N) is 2. The summed E-state index contributed by atoms with van der Waals surface area (Å²) in [6.45, 7) is 0. The number of rotatable bonds is 1. The van der Waals surface area contributed by atoms with Crippen molar-refractivity contribution in [2.75, 3.05) is 5.75 Å². The van der Waals surface area contributed by atoms with E-state index in [1.54, 1.807) is 0 Å². The van der Waals surface area contributed by atoms with Crippen LogP contribution < -0.4 is 0 Å². The van der Waals surface area contributed by atoms with Gasteiger partial charge in [-0.15, -0.1) is 23.1 Å². The summed E-state index contributed by atoms with van der Waals surface area (Å²) in [4.78, 5) is 11.7. The summed E-state index contributed by atoms with van der Waals surface area (Å²) in [6.07, 6.45) is 4.74. The maximum Gasteiger partial charge on any atom is 0.124 e. The van der Waals surface area contributed by atoms with Crippen LogP contribution in [0.2, 0.25) is 0 Å². The average molecular weight is 296 g/mol. The molecular weight excluding hydrogens is 284 g/mol. The lowest BCUT2D eigenvalue weighted by molar-refractivity contribution is 1.20. The molecule has 20 heavy (non-hydrogen) atoms. The summed E-state index contributed by atoms with van der Waals surface area (Å²) in [7, 11) is 0. The van der Waals surface area contributed by atoms with Gasteiger partial charge in [-0.1, -0.05) is 18.2 Å². The summed E-state index contributed by atoms with van der Waals surface area (Å²) in [5, 5.41) is 1.10. The fourth-order valence-electron chi connectivity index (χ4n) is 2.39. The van der Waals surface area contributed by atoms with E-state index >= 15 is 0 Å². The van der Waals surface area contributed by atoms with Gasteiger partial charge >= 0.3 is 0 Å². The minimum absolute atomic E-state index is 1.09. The summed E-state index contributed by atoms with van der Waals surface area (Å²) in [6, 6.07) is 12.6. The summed E-state index contributed by atoms with van der Waals surface area (Å²) < 4.78 is 0. The molecule has 3 aromatic rings. The highest BCUT2D eigenvalue weighted by molar-refractivity contribution is 7.99. The van der Waals surface area contributed by atoms with E-state index in [0.717, 1.165) is 22.7 Å². The maximum absolute atomic E-state index is 4.90. The number of aryl methyl sites for hydroxylation is 1. The Balaban J connectivity index is 1.88. The third kappa shape index (κ3) is 2.05. The fourth-order valence-corrected chi connectivity index (χ4v) is 4.62. The van der Waals surface area contributed by atoms with E-state index < -0.39 is 0 Å². The summed E-state index contributed by atoms with van der Waals surface area (Å²) in [5.41, 5.74) is 3.60. The minimum atomic E-state index is 1.09. The van der Waals surface area contributed by atoms with E-state index in [1.807, 2.05) is 47.6 Å².